The Hall–Kier alpha value is -3.55. The van der Waals surface area contributed by atoms with E-state index in [2.05, 4.69) is 0 Å². The highest BCUT2D eigenvalue weighted by Gasteiger charge is 2.64. The van der Waals surface area contributed by atoms with Gasteiger partial charge in [-0.2, -0.15) is 0 Å². The van der Waals surface area contributed by atoms with Crippen LogP contribution in [0.5, 0.6) is 0 Å². The number of nitrogens with two attached hydrogens (primary N) is 1. The van der Waals surface area contributed by atoms with Gasteiger partial charge in [-0.1, -0.05) is 29.8 Å². The second kappa shape index (κ2) is 7.61. The Balaban J connectivity index is 1.89. The van der Waals surface area contributed by atoms with Gasteiger partial charge in [0.05, 0.1) is 17.9 Å². The van der Waals surface area contributed by atoms with Crippen LogP contribution in [0, 0.1) is 24.6 Å². The Kier molecular flexibility index (Phi) is 5.08. The third-order valence-electron chi connectivity index (χ3n) is 6.12. The van der Waals surface area contributed by atoms with E-state index in [0.29, 0.717) is 5.56 Å². The fraction of sp³-hybridized carbons (Fsp3) is 0.304. The summed E-state index contributed by atoms with van der Waals surface area (Å²) in [6.45, 7) is 3.75. The molecule has 4 atom stereocenters. The summed E-state index contributed by atoms with van der Waals surface area (Å²) in [4.78, 5) is 54.5. The van der Waals surface area contributed by atoms with E-state index in [1.807, 2.05) is 19.1 Å². The van der Waals surface area contributed by atoms with Gasteiger partial charge in [0.15, 0.2) is 0 Å². The van der Waals surface area contributed by atoms with Crippen LogP contribution in [0.25, 0.3) is 0 Å². The van der Waals surface area contributed by atoms with Gasteiger partial charge < -0.3 is 10.6 Å². The molecule has 7 nitrogen and oxygen atoms in total. The first-order valence-corrected chi connectivity index (χ1v) is 10.1. The zero-order chi connectivity index (χ0) is 22.4. The van der Waals surface area contributed by atoms with E-state index >= 15 is 0 Å². The monoisotopic (exact) mass is 423 g/mol. The fourth-order valence-electron chi connectivity index (χ4n) is 4.71. The van der Waals surface area contributed by atoms with Crippen molar-refractivity contribution < 1.29 is 23.6 Å². The first-order valence-electron chi connectivity index (χ1n) is 10.1. The molecule has 2 aliphatic rings. The minimum Gasteiger partial charge on any atom is -0.368 e. The molecule has 4 amide bonds. The topological polar surface area (TPSA) is 101 Å². The van der Waals surface area contributed by atoms with Crippen molar-refractivity contribution in [3.05, 3.63) is 71.0 Å². The maximum Gasteiger partial charge on any atom is 0.255 e. The van der Waals surface area contributed by atoms with Crippen LogP contribution in [0.1, 0.15) is 34.5 Å². The molecule has 31 heavy (non-hydrogen) atoms. The van der Waals surface area contributed by atoms with E-state index in [1.54, 1.807) is 19.1 Å². The average molecular weight is 423 g/mol. The number of hydrogen-bond acceptors (Lipinski definition) is 4. The van der Waals surface area contributed by atoms with Crippen LogP contribution in [0.15, 0.2) is 48.5 Å². The molecular formula is C23H22FN3O4. The lowest BCUT2D eigenvalue weighted by Gasteiger charge is -2.32. The third kappa shape index (κ3) is 3.19. The molecule has 0 aromatic heterocycles. The van der Waals surface area contributed by atoms with E-state index in [0.717, 1.165) is 22.6 Å². The van der Waals surface area contributed by atoms with Crippen molar-refractivity contribution in [1.29, 1.82) is 0 Å². The van der Waals surface area contributed by atoms with Crippen LogP contribution in [0.3, 0.4) is 0 Å². The van der Waals surface area contributed by atoms with E-state index < -0.39 is 53.4 Å². The summed E-state index contributed by atoms with van der Waals surface area (Å²) in [7, 11) is 0. The second-order valence-electron chi connectivity index (χ2n) is 7.89. The number of amides is 4. The molecule has 8 heteroatoms. The van der Waals surface area contributed by atoms with Crippen LogP contribution in [-0.2, 0) is 14.4 Å². The standard InChI is InChI=1S/C23H22FN3O4/c1-3-26-22(30)16-17(23(26)31)19(20(25)28)27(18(16)13-6-4-12(2)5-7-13)21(29)14-8-10-15(24)11-9-14/h4-11,16-19H,3H2,1-2H3,(H2,25,28). The lowest BCUT2D eigenvalue weighted by molar-refractivity contribution is -0.142. The second-order valence-corrected chi connectivity index (χ2v) is 7.89. The number of carbonyl (C=O) groups excluding carboxylic acids is 4. The Morgan fingerprint density at radius 3 is 2.10 bits per heavy atom. The molecule has 2 aromatic rings. The molecule has 0 radical (unpaired) electrons. The molecule has 2 aliphatic heterocycles. The highest BCUT2D eigenvalue weighted by atomic mass is 19.1. The van der Waals surface area contributed by atoms with E-state index in [9.17, 15) is 23.6 Å². The van der Waals surface area contributed by atoms with Gasteiger partial charge in [-0.15, -0.1) is 0 Å². The van der Waals surface area contributed by atoms with Crippen molar-refractivity contribution in [2.24, 2.45) is 17.6 Å². The Bertz CT molecular complexity index is 1070. The summed E-state index contributed by atoms with van der Waals surface area (Å²) < 4.78 is 13.4. The van der Waals surface area contributed by atoms with Gasteiger partial charge in [-0.25, -0.2) is 4.39 Å². The highest BCUT2D eigenvalue weighted by Crippen LogP contribution is 2.50. The summed E-state index contributed by atoms with van der Waals surface area (Å²) >= 11 is 0. The van der Waals surface area contributed by atoms with Crippen LogP contribution in [-0.4, -0.2) is 46.0 Å². The predicted octanol–water partition coefficient (Wildman–Crippen LogP) is 1.81. The van der Waals surface area contributed by atoms with Crippen LogP contribution >= 0.6 is 0 Å². The summed E-state index contributed by atoms with van der Waals surface area (Å²) in [5.74, 6) is -4.87. The quantitative estimate of drug-likeness (QED) is 0.758. The zero-order valence-corrected chi connectivity index (χ0v) is 17.1. The van der Waals surface area contributed by atoms with Crippen molar-refractivity contribution in [3.8, 4) is 0 Å². The molecule has 2 fully saturated rings. The van der Waals surface area contributed by atoms with Gasteiger partial charge in [0, 0.05) is 12.1 Å². The van der Waals surface area contributed by atoms with Crippen molar-refractivity contribution in [1.82, 2.24) is 9.80 Å². The summed E-state index contributed by atoms with van der Waals surface area (Å²) in [6.07, 6.45) is 0. The molecule has 0 spiro atoms. The Morgan fingerprint density at radius 1 is 0.968 bits per heavy atom. The number of primary amides is 1. The minimum absolute atomic E-state index is 0.136. The van der Waals surface area contributed by atoms with Crippen molar-refractivity contribution in [2.45, 2.75) is 25.9 Å². The number of benzene rings is 2. The molecule has 4 rings (SSSR count). The lowest BCUT2D eigenvalue weighted by Crippen LogP contribution is -2.50. The number of nitrogens with zero attached hydrogens (tertiary/aromatic N) is 2. The van der Waals surface area contributed by atoms with Crippen molar-refractivity contribution >= 4 is 23.6 Å². The Labute approximate surface area is 178 Å². The minimum atomic E-state index is -1.29. The average Bonchev–Trinajstić information content (AvgIpc) is 3.22. The van der Waals surface area contributed by atoms with Crippen molar-refractivity contribution in [3.63, 3.8) is 0 Å². The van der Waals surface area contributed by atoms with Gasteiger partial charge in [0.1, 0.15) is 11.9 Å². The lowest BCUT2D eigenvalue weighted by atomic mass is 9.86. The summed E-state index contributed by atoms with van der Waals surface area (Å²) in [5, 5.41) is 0. The maximum atomic E-state index is 13.5. The van der Waals surface area contributed by atoms with Gasteiger partial charge in [0.25, 0.3) is 5.91 Å². The molecule has 160 valence electrons. The number of imide groups is 1. The van der Waals surface area contributed by atoms with Gasteiger partial charge in [-0.05, 0) is 43.7 Å². The maximum absolute atomic E-state index is 13.5. The number of fused-ring (bicyclic) bond motifs is 1. The van der Waals surface area contributed by atoms with Crippen LogP contribution in [0.4, 0.5) is 4.39 Å². The van der Waals surface area contributed by atoms with Crippen LogP contribution < -0.4 is 5.73 Å². The Morgan fingerprint density at radius 2 is 1.55 bits per heavy atom. The summed E-state index contributed by atoms with van der Waals surface area (Å²) in [6, 6.07) is 9.96. The number of carbonyl (C=O) groups is 4. The molecule has 0 saturated carbocycles. The number of rotatable bonds is 4. The summed E-state index contributed by atoms with van der Waals surface area (Å²) in [5.41, 5.74) is 7.41. The van der Waals surface area contributed by atoms with E-state index in [-0.39, 0.29) is 12.1 Å². The SMILES string of the molecule is CCN1C(=O)C2C(C1=O)C(c1ccc(C)cc1)N(C(=O)c1ccc(F)cc1)C2C(N)=O. The van der Waals surface area contributed by atoms with Crippen molar-refractivity contribution in [2.75, 3.05) is 6.54 Å². The van der Waals surface area contributed by atoms with E-state index in [4.69, 9.17) is 5.73 Å². The predicted molar refractivity (Wildman–Crippen MR) is 109 cm³/mol. The molecule has 2 N–H and O–H groups in total. The number of halogens is 1. The van der Waals surface area contributed by atoms with Gasteiger partial charge in [-0.3, -0.25) is 24.1 Å². The van der Waals surface area contributed by atoms with E-state index in [1.165, 1.54) is 17.0 Å². The molecular weight excluding hydrogens is 401 g/mol. The number of hydrogen-bond donors (Lipinski definition) is 1. The molecule has 0 aliphatic carbocycles. The van der Waals surface area contributed by atoms with Gasteiger partial charge >= 0.3 is 0 Å². The van der Waals surface area contributed by atoms with Gasteiger partial charge in [0.2, 0.25) is 17.7 Å². The van der Waals surface area contributed by atoms with Crippen LogP contribution in [0.2, 0.25) is 0 Å². The third-order valence-corrected chi connectivity index (χ3v) is 6.12. The first-order chi connectivity index (χ1) is 14.8. The largest absolute Gasteiger partial charge is 0.368 e. The first kappa shape index (κ1) is 20.7. The molecule has 0 bridgehead atoms. The fourth-order valence-corrected chi connectivity index (χ4v) is 4.71. The molecule has 2 aromatic carbocycles. The highest BCUT2D eigenvalue weighted by molar-refractivity contribution is 6.10. The number of aryl methyl sites for hydroxylation is 1. The molecule has 2 saturated heterocycles. The molecule has 4 unspecified atom stereocenters. The normalized spacial score (nSPS) is 25.1. The smallest absolute Gasteiger partial charge is 0.255 e. The number of likely N-dealkylation sites (tertiary alicyclic amines) is 2. The molecule has 2 heterocycles. The zero-order valence-electron chi connectivity index (χ0n) is 17.1.